The van der Waals surface area contributed by atoms with Crippen molar-refractivity contribution in [3.63, 3.8) is 0 Å². The Morgan fingerprint density at radius 1 is 1.12 bits per heavy atom. The van der Waals surface area contributed by atoms with E-state index >= 15 is 0 Å². The Kier molecular flexibility index (Phi) is 2.84. The minimum atomic E-state index is -4.39. The third kappa shape index (κ3) is 2.01. The quantitative estimate of drug-likeness (QED) is 0.644. The van der Waals surface area contributed by atoms with Gasteiger partial charge in [-0.25, -0.2) is 4.98 Å². The largest absolute Gasteiger partial charge is 0.417 e. The summed E-state index contributed by atoms with van der Waals surface area (Å²) in [6, 6.07) is 4.99. The molecule has 2 rings (SSSR count). The van der Waals surface area contributed by atoms with Gasteiger partial charge in [0.05, 0.1) is 11.1 Å². The van der Waals surface area contributed by atoms with Crippen LogP contribution in [0.1, 0.15) is 5.56 Å². The van der Waals surface area contributed by atoms with Gasteiger partial charge >= 0.3 is 6.18 Å². The minimum Gasteiger partial charge on any atom is -0.235 e. The molecule has 0 bridgehead atoms. The van der Waals surface area contributed by atoms with Crippen molar-refractivity contribution >= 4 is 38.4 Å². The zero-order valence-electron chi connectivity index (χ0n) is 7.65. The third-order valence-corrected chi connectivity index (χ3v) is 2.93. The van der Waals surface area contributed by atoms with E-state index in [-0.39, 0.29) is 16.1 Å². The summed E-state index contributed by atoms with van der Waals surface area (Å²) < 4.78 is 38.5. The Labute approximate surface area is 102 Å². The van der Waals surface area contributed by atoms with Crippen molar-refractivity contribution in [2.75, 3.05) is 0 Å². The predicted molar refractivity (Wildman–Crippen MR) is 59.5 cm³/mol. The zero-order valence-corrected chi connectivity index (χ0v) is 9.99. The summed E-state index contributed by atoms with van der Waals surface area (Å²) in [6.07, 6.45) is -4.39. The Hall–Kier alpha value is -0.810. The van der Waals surface area contributed by atoms with Crippen molar-refractivity contribution in [3.8, 4) is 0 Å². The first-order chi connectivity index (χ1) is 7.39. The molecule has 0 N–H and O–H groups in total. The van der Waals surface area contributed by atoms with Crippen LogP contribution in [0.2, 0.25) is 5.15 Å². The summed E-state index contributed by atoms with van der Waals surface area (Å²) in [5, 5.41) is 0.193. The van der Waals surface area contributed by atoms with Gasteiger partial charge in [-0.3, -0.25) is 0 Å². The molecule has 0 amide bonds. The van der Waals surface area contributed by atoms with Crippen molar-refractivity contribution in [1.29, 1.82) is 0 Å². The van der Waals surface area contributed by atoms with Gasteiger partial charge < -0.3 is 0 Å². The van der Waals surface area contributed by atoms with Crippen LogP contribution in [0.4, 0.5) is 13.2 Å². The molecule has 16 heavy (non-hydrogen) atoms. The van der Waals surface area contributed by atoms with E-state index in [1.807, 2.05) is 0 Å². The van der Waals surface area contributed by atoms with Crippen LogP contribution in [0.5, 0.6) is 0 Å². The normalized spacial score (nSPS) is 12.1. The molecule has 1 heterocycles. The van der Waals surface area contributed by atoms with Crippen molar-refractivity contribution < 1.29 is 13.2 Å². The highest BCUT2D eigenvalue weighted by atomic mass is 79.9. The number of fused-ring (bicyclic) bond motifs is 1. The Morgan fingerprint density at radius 3 is 2.44 bits per heavy atom. The first-order valence-corrected chi connectivity index (χ1v) is 5.38. The average molecular weight is 311 g/mol. The van der Waals surface area contributed by atoms with Gasteiger partial charge in [0, 0.05) is 9.86 Å². The highest BCUT2D eigenvalue weighted by molar-refractivity contribution is 9.10. The van der Waals surface area contributed by atoms with Gasteiger partial charge in [-0.2, -0.15) is 13.2 Å². The van der Waals surface area contributed by atoms with Gasteiger partial charge in [-0.15, -0.1) is 0 Å². The topological polar surface area (TPSA) is 12.9 Å². The molecule has 0 aliphatic rings. The molecule has 0 fully saturated rings. The molecule has 6 heteroatoms. The summed E-state index contributed by atoms with van der Waals surface area (Å²) in [7, 11) is 0. The molecule has 0 atom stereocenters. The lowest BCUT2D eigenvalue weighted by Gasteiger charge is -2.10. The highest BCUT2D eigenvalue weighted by Crippen LogP contribution is 2.37. The lowest BCUT2D eigenvalue weighted by molar-refractivity contribution is -0.136. The molecule has 84 valence electrons. The molecule has 1 aromatic carbocycles. The molecule has 0 aliphatic carbocycles. The molecule has 0 unspecified atom stereocenters. The lowest BCUT2D eigenvalue weighted by Crippen LogP contribution is -2.06. The molecule has 0 aliphatic heterocycles. The third-order valence-electron chi connectivity index (χ3n) is 2.08. The standard InChI is InChI=1S/C10H4BrClF3N/c11-7-3-2-6(10(13,14)15)5-1-4-8(12)16-9(5)7/h1-4H. The maximum Gasteiger partial charge on any atom is 0.417 e. The first-order valence-electron chi connectivity index (χ1n) is 4.21. The maximum absolute atomic E-state index is 12.7. The van der Waals surface area contributed by atoms with Crippen LogP contribution in [0, 0.1) is 0 Å². The molecule has 0 saturated heterocycles. The van der Waals surface area contributed by atoms with Gasteiger partial charge in [0.15, 0.2) is 0 Å². The number of pyridine rings is 1. The molecular weight excluding hydrogens is 306 g/mol. The lowest BCUT2D eigenvalue weighted by atomic mass is 10.1. The number of hydrogen-bond donors (Lipinski definition) is 0. The van der Waals surface area contributed by atoms with E-state index in [4.69, 9.17) is 11.6 Å². The molecule has 2 aromatic rings. The Balaban J connectivity index is 2.85. The summed E-state index contributed by atoms with van der Waals surface area (Å²) in [5.74, 6) is 0. The number of rotatable bonds is 0. The van der Waals surface area contributed by atoms with E-state index < -0.39 is 11.7 Å². The van der Waals surface area contributed by atoms with Gasteiger partial charge in [0.1, 0.15) is 5.15 Å². The van der Waals surface area contributed by atoms with E-state index in [2.05, 4.69) is 20.9 Å². The van der Waals surface area contributed by atoms with Crippen molar-refractivity contribution in [1.82, 2.24) is 4.98 Å². The van der Waals surface area contributed by atoms with E-state index in [1.54, 1.807) is 0 Å². The molecule has 1 aromatic heterocycles. The average Bonchev–Trinajstić information content (AvgIpc) is 2.17. The monoisotopic (exact) mass is 309 g/mol. The van der Waals surface area contributed by atoms with Gasteiger partial charge in [-0.1, -0.05) is 11.6 Å². The van der Waals surface area contributed by atoms with E-state index in [1.165, 1.54) is 18.2 Å². The van der Waals surface area contributed by atoms with Crippen LogP contribution in [-0.2, 0) is 6.18 Å². The van der Waals surface area contributed by atoms with Crippen LogP contribution in [-0.4, -0.2) is 4.98 Å². The number of aromatic nitrogens is 1. The maximum atomic E-state index is 12.7. The van der Waals surface area contributed by atoms with Crippen molar-refractivity contribution in [2.24, 2.45) is 0 Å². The van der Waals surface area contributed by atoms with Crippen molar-refractivity contribution in [2.45, 2.75) is 6.18 Å². The van der Waals surface area contributed by atoms with Gasteiger partial charge in [-0.05, 0) is 40.2 Å². The zero-order chi connectivity index (χ0) is 11.9. The molecule has 0 spiro atoms. The fourth-order valence-corrected chi connectivity index (χ4v) is 1.99. The second-order valence-corrected chi connectivity index (χ2v) is 4.36. The summed E-state index contributed by atoms with van der Waals surface area (Å²) in [5.41, 5.74) is -0.503. The summed E-state index contributed by atoms with van der Waals surface area (Å²) in [4.78, 5) is 3.87. The van der Waals surface area contributed by atoms with E-state index in [0.717, 1.165) is 6.07 Å². The molecule has 0 radical (unpaired) electrons. The number of alkyl halides is 3. The number of benzene rings is 1. The Morgan fingerprint density at radius 2 is 1.81 bits per heavy atom. The van der Waals surface area contributed by atoms with Crippen LogP contribution in [0.15, 0.2) is 28.7 Å². The molecule has 0 saturated carbocycles. The summed E-state index contributed by atoms with van der Waals surface area (Å²) >= 11 is 8.79. The Bertz CT molecular complexity index is 553. The van der Waals surface area contributed by atoms with E-state index in [9.17, 15) is 13.2 Å². The predicted octanol–water partition coefficient (Wildman–Crippen LogP) is 4.67. The smallest absolute Gasteiger partial charge is 0.235 e. The van der Waals surface area contributed by atoms with Gasteiger partial charge in [0.2, 0.25) is 0 Å². The minimum absolute atomic E-state index is 0.0336. The van der Waals surface area contributed by atoms with Crippen LogP contribution in [0.25, 0.3) is 10.9 Å². The summed E-state index contributed by atoms with van der Waals surface area (Å²) in [6.45, 7) is 0. The van der Waals surface area contributed by atoms with Crippen LogP contribution >= 0.6 is 27.5 Å². The second-order valence-electron chi connectivity index (χ2n) is 3.12. The number of nitrogens with zero attached hydrogens (tertiary/aromatic N) is 1. The number of hydrogen-bond acceptors (Lipinski definition) is 1. The molecule has 1 nitrogen and oxygen atoms in total. The fraction of sp³-hybridized carbons (Fsp3) is 0.100. The SMILES string of the molecule is FC(F)(F)c1ccc(Br)c2nc(Cl)ccc12. The van der Waals surface area contributed by atoms with Crippen molar-refractivity contribution in [3.05, 3.63) is 39.5 Å². The second kappa shape index (κ2) is 3.89. The van der Waals surface area contributed by atoms with Crippen LogP contribution in [0.3, 0.4) is 0 Å². The molecular formula is C10H4BrClF3N. The highest BCUT2D eigenvalue weighted by Gasteiger charge is 2.32. The number of halogens is 5. The van der Waals surface area contributed by atoms with Crippen LogP contribution < -0.4 is 0 Å². The fourth-order valence-electron chi connectivity index (χ4n) is 1.41. The van der Waals surface area contributed by atoms with Gasteiger partial charge in [0.25, 0.3) is 0 Å². The first kappa shape index (κ1) is 11.7. The van der Waals surface area contributed by atoms with E-state index in [0.29, 0.717) is 4.47 Å².